The van der Waals surface area contributed by atoms with Crippen LogP contribution < -0.4 is 15.8 Å². The number of anilines is 2. The molecule has 106 valence electrons. The minimum absolute atomic E-state index is 0.0628. The Balaban J connectivity index is 2.19. The van der Waals surface area contributed by atoms with Crippen LogP contribution in [0.4, 0.5) is 24.5 Å². The quantitative estimate of drug-likeness (QED) is 0.825. The Morgan fingerprint density at radius 1 is 1.26 bits per heavy atom. The summed E-state index contributed by atoms with van der Waals surface area (Å²) in [6, 6.07) is 4.62. The molecule has 0 spiro atoms. The molecule has 3 nitrogen and oxygen atoms in total. The average Bonchev–Trinajstić information content (AvgIpc) is 2.95. The zero-order chi connectivity index (χ0) is 14.3. The molecule has 0 radical (unpaired) electrons. The lowest BCUT2D eigenvalue weighted by atomic mass is 10.2. The highest BCUT2D eigenvalue weighted by Gasteiger charge is 2.63. The summed E-state index contributed by atoms with van der Waals surface area (Å²) < 4.78 is 44.1. The summed E-state index contributed by atoms with van der Waals surface area (Å²) in [6.07, 6.45) is -4.14. The number of alkyl halides is 3. The van der Waals surface area contributed by atoms with Gasteiger partial charge >= 0.3 is 6.18 Å². The van der Waals surface area contributed by atoms with Crippen LogP contribution in [0.2, 0.25) is 0 Å². The lowest BCUT2D eigenvalue weighted by Gasteiger charge is -2.22. The summed E-state index contributed by atoms with van der Waals surface area (Å²) in [6.45, 7) is 3.68. The highest BCUT2D eigenvalue weighted by Crippen LogP contribution is 2.51. The summed E-state index contributed by atoms with van der Waals surface area (Å²) in [5.41, 5.74) is 4.60. The first-order valence-electron chi connectivity index (χ1n) is 6.14. The van der Waals surface area contributed by atoms with Crippen LogP contribution in [0, 0.1) is 0 Å². The Morgan fingerprint density at radius 3 is 2.37 bits per heavy atom. The first-order valence-corrected chi connectivity index (χ1v) is 6.14. The van der Waals surface area contributed by atoms with Gasteiger partial charge in [0.05, 0.1) is 6.10 Å². The second-order valence-electron chi connectivity index (χ2n) is 5.16. The number of rotatable bonds is 4. The Bertz CT molecular complexity index is 467. The fourth-order valence-electron chi connectivity index (χ4n) is 1.92. The van der Waals surface area contributed by atoms with Crippen molar-refractivity contribution in [2.45, 2.75) is 44.5 Å². The zero-order valence-electron chi connectivity index (χ0n) is 10.8. The van der Waals surface area contributed by atoms with Gasteiger partial charge in [-0.1, -0.05) is 0 Å². The summed E-state index contributed by atoms with van der Waals surface area (Å²) in [4.78, 5) is 0. The highest BCUT2D eigenvalue weighted by atomic mass is 19.4. The number of nitrogen functional groups attached to an aromatic ring is 1. The molecule has 0 unspecified atom stereocenters. The molecule has 1 aliphatic carbocycles. The van der Waals surface area contributed by atoms with E-state index >= 15 is 0 Å². The van der Waals surface area contributed by atoms with Crippen LogP contribution >= 0.6 is 0 Å². The van der Waals surface area contributed by atoms with Gasteiger partial charge in [0.2, 0.25) is 0 Å². The molecule has 19 heavy (non-hydrogen) atoms. The molecule has 0 saturated heterocycles. The second kappa shape index (κ2) is 4.51. The predicted octanol–water partition coefficient (Wildman–Crippen LogP) is 3.56. The zero-order valence-corrected chi connectivity index (χ0v) is 10.8. The van der Waals surface area contributed by atoms with Crippen LogP contribution in [0.25, 0.3) is 0 Å². The van der Waals surface area contributed by atoms with Crippen molar-refractivity contribution >= 4 is 11.4 Å². The Kier molecular flexibility index (Phi) is 3.28. The first kappa shape index (κ1) is 13.8. The largest absolute Gasteiger partial charge is 0.491 e. The van der Waals surface area contributed by atoms with Gasteiger partial charge < -0.3 is 15.8 Å². The van der Waals surface area contributed by atoms with Crippen LogP contribution in [0.1, 0.15) is 26.7 Å². The van der Waals surface area contributed by atoms with E-state index in [1.807, 2.05) is 13.8 Å². The summed E-state index contributed by atoms with van der Waals surface area (Å²) in [5.74, 6) is 0.468. The highest BCUT2D eigenvalue weighted by molar-refractivity contribution is 5.61. The fourth-order valence-corrected chi connectivity index (χ4v) is 1.92. The molecular weight excluding hydrogens is 257 g/mol. The van der Waals surface area contributed by atoms with Crippen LogP contribution in [-0.4, -0.2) is 17.8 Å². The molecule has 0 amide bonds. The topological polar surface area (TPSA) is 47.3 Å². The molecule has 1 saturated carbocycles. The third-order valence-electron chi connectivity index (χ3n) is 2.98. The molecule has 0 heterocycles. The minimum atomic E-state index is -4.25. The van der Waals surface area contributed by atoms with E-state index in [1.165, 1.54) is 6.07 Å². The van der Waals surface area contributed by atoms with Gasteiger partial charge in [0, 0.05) is 23.5 Å². The van der Waals surface area contributed by atoms with Crippen LogP contribution in [0.5, 0.6) is 5.75 Å². The van der Waals surface area contributed by atoms with Gasteiger partial charge in [0.1, 0.15) is 11.3 Å². The third kappa shape index (κ3) is 3.05. The lowest BCUT2D eigenvalue weighted by molar-refractivity contribution is -0.151. The maximum atomic E-state index is 12.9. The number of benzene rings is 1. The second-order valence-corrected chi connectivity index (χ2v) is 5.16. The average molecular weight is 274 g/mol. The fraction of sp³-hybridized carbons (Fsp3) is 0.538. The van der Waals surface area contributed by atoms with Crippen molar-refractivity contribution in [3.63, 3.8) is 0 Å². The van der Waals surface area contributed by atoms with Crippen LogP contribution in [0.15, 0.2) is 18.2 Å². The maximum absolute atomic E-state index is 12.9. The number of hydrogen-bond acceptors (Lipinski definition) is 3. The molecule has 0 aliphatic heterocycles. The number of nitrogens with two attached hydrogens (primary N) is 1. The van der Waals surface area contributed by atoms with E-state index < -0.39 is 11.7 Å². The molecule has 1 fully saturated rings. The molecular formula is C13H17F3N2O. The summed E-state index contributed by atoms with van der Waals surface area (Å²) in [7, 11) is 0. The molecule has 2 rings (SSSR count). The Hall–Kier alpha value is -1.59. The van der Waals surface area contributed by atoms with Gasteiger partial charge in [-0.05, 0) is 32.8 Å². The SMILES string of the molecule is CC(C)Oc1cc(N)cc(NC2(C(F)(F)F)CC2)c1. The van der Waals surface area contributed by atoms with Gasteiger partial charge in [0.15, 0.2) is 0 Å². The molecule has 3 N–H and O–H groups in total. The number of nitrogens with one attached hydrogen (secondary N) is 1. The summed E-state index contributed by atoms with van der Waals surface area (Å²) >= 11 is 0. The van der Waals surface area contributed by atoms with Gasteiger partial charge in [-0.15, -0.1) is 0 Å². The van der Waals surface area contributed by atoms with E-state index in [0.717, 1.165) is 0 Å². The minimum Gasteiger partial charge on any atom is -0.491 e. The van der Waals surface area contributed by atoms with E-state index in [9.17, 15) is 13.2 Å². The van der Waals surface area contributed by atoms with Crippen molar-refractivity contribution in [3.8, 4) is 5.75 Å². The predicted molar refractivity (Wildman–Crippen MR) is 68.3 cm³/mol. The number of hydrogen-bond donors (Lipinski definition) is 2. The van der Waals surface area contributed by atoms with Crippen molar-refractivity contribution in [3.05, 3.63) is 18.2 Å². The van der Waals surface area contributed by atoms with Crippen molar-refractivity contribution in [1.82, 2.24) is 0 Å². The lowest BCUT2D eigenvalue weighted by Crippen LogP contribution is -2.38. The van der Waals surface area contributed by atoms with E-state index in [1.54, 1.807) is 12.1 Å². The van der Waals surface area contributed by atoms with Gasteiger partial charge in [0.25, 0.3) is 0 Å². The normalized spacial score (nSPS) is 17.4. The van der Waals surface area contributed by atoms with Crippen molar-refractivity contribution in [2.24, 2.45) is 0 Å². The van der Waals surface area contributed by atoms with E-state index in [2.05, 4.69) is 5.32 Å². The molecule has 1 aromatic rings. The van der Waals surface area contributed by atoms with E-state index in [-0.39, 0.29) is 18.9 Å². The van der Waals surface area contributed by atoms with E-state index in [4.69, 9.17) is 10.5 Å². The monoisotopic (exact) mass is 274 g/mol. The van der Waals surface area contributed by atoms with Crippen LogP contribution in [0.3, 0.4) is 0 Å². The molecule has 6 heteroatoms. The molecule has 1 aliphatic rings. The molecule has 0 bridgehead atoms. The number of ether oxygens (including phenoxy) is 1. The third-order valence-corrected chi connectivity index (χ3v) is 2.98. The Labute approximate surface area is 109 Å². The van der Waals surface area contributed by atoms with Crippen LogP contribution in [-0.2, 0) is 0 Å². The molecule has 0 atom stereocenters. The van der Waals surface area contributed by atoms with Crippen molar-refractivity contribution in [1.29, 1.82) is 0 Å². The first-order chi connectivity index (χ1) is 8.72. The van der Waals surface area contributed by atoms with Gasteiger partial charge in [-0.25, -0.2) is 0 Å². The van der Waals surface area contributed by atoms with Gasteiger partial charge in [-0.3, -0.25) is 0 Å². The van der Waals surface area contributed by atoms with Crippen molar-refractivity contribution < 1.29 is 17.9 Å². The maximum Gasteiger partial charge on any atom is 0.411 e. The standard InChI is InChI=1S/C13H17F3N2O/c1-8(2)19-11-6-9(17)5-10(7-11)18-12(3-4-12)13(14,15)16/h5-8,18H,3-4,17H2,1-2H3. The smallest absolute Gasteiger partial charge is 0.411 e. The van der Waals surface area contributed by atoms with E-state index in [0.29, 0.717) is 17.1 Å². The summed E-state index contributed by atoms with van der Waals surface area (Å²) in [5, 5.41) is 2.54. The molecule has 1 aromatic carbocycles. The Morgan fingerprint density at radius 2 is 1.89 bits per heavy atom. The van der Waals surface area contributed by atoms with Crippen molar-refractivity contribution in [2.75, 3.05) is 11.1 Å². The number of halogens is 3. The van der Waals surface area contributed by atoms with Gasteiger partial charge in [-0.2, -0.15) is 13.2 Å². The molecule has 0 aromatic heterocycles.